The second-order valence-electron chi connectivity index (χ2n) is 6.97. The summed E-state index contributed by atoms with van der Waals surface area (Å²) in [6, 6.07) is 6.43. The lowest BCUT2D eigenvalue weighted by Gasteiger charge is -2.33. The van der Waals surface area contributed by atoms with Crippen LogP contribution >= 0.6 is 11.6 Å². The molecule has 2 fully saturated rings. The van der Waals surface area contributed by atoms with Crippen molar-refractivity contribution < 1.29 is 0 Å². The van der Waals surface area contributed by atoms with Crippen molar-refractivity contribution in [2.75, 3.05) is 18.0 Å². The quantitative estimate of drug-likeness (QED) is 0.719. The number of aromatic nitrogens is 5. The number of nitrogens with zero attached hydrogens (tertiary/aromatic N) is 6. The smallest absolute Gasteiger partial charge is 0.139 e. The molecule has 6 nitrogen and oxygen atoms in total. The highest BCUT2D eigenvalue weighted by molar-refractivity contribution is 6.31. The van der Waals surface area contributed by atoms with Crippen molar-refractivity contribution in [3.05, 3.63) is 41.7 Å². The number of fused-ring (bicyclic) bond motifs is 1. The third-order valence-corrected chi connectivity index (χ3v) is 5.44. The van der Waals surface area contributed by atoms with Gasteiger partial charge in [0.15, 0.2) is 0 Å². The van der Waals surface area contributed by atoms with Crippen LogP contribution in [0.4, 0.5) is 5.82 Å². The highest BCUT2D eigenvalue weighted by Crippen LogP contribution is 2.38. The number of hydrogen-bond donors (Lipinski definition) is 0. The summed E-state index contributed by atoms with van der Waals surface area (Å²) in [7, 11) is 0. The van der Waals surface area contributed by atoms with Crippen LogP contribution in [0.5, 0.6) is 0 Å². The van der Waals surface area contributed by atoms with E-state index in [0.29, 0.717) is 17.0 Å². The maximum absolute atomic E-state index is 6.11. The molecule has 0 N–H and O–H groups in total. The highest BCUT2D eigenvalue weighted by Gasteiger charge is 2.32. The number of hydrogen-bond acceptors (Lipinski definition) is 5. The summed E-state index contributed by atoms with van der Waals surface area (Å²) in [5.41, 5.74) is 0.890. The first kappa shape index (κ1) is 15.1. The van der Waals surface area contributed by atoms with E-state index in [-0.39, 0.29) is 0 Å². The van der Waals surface area contributed by atoms with E-state index < -0.39 is 0 Å². The largest absolute Gasteiger partial charge is 0.355 e. The van der Waals surface area contributed by atoms with Crippen molar-refractivity contribution in [3.63, 3.8) is 0 Å². The van der Waals surface area contributed by atoms with Gasteiger partial charge in [0.1, 0.15) is 24.3 Å². The van der Waals surface area contributed by atoms with Gasteiger partial charge in [0.25, 0.3) is 0 Å². The van der Waals surface area contributed by atoms with Crippen LogP contribution in [0.25, 0.3) is 10.9 Å². The zero-order chi connectivity index (χ0) is 16.8. The Kier molecular flexibility index (Phi) is 3.59. The fraction of sp³-hybridized carbons (Fsp3) is 0.444. The molecule has 1 aromatic carbocycles. The van der Waals surface area contributed by atoms with Crippen LogP contribution in [0.3, 0.4) is 0 Å². The zero-order valence-corrected chi connectivity index (χ0v) is 14.6. The molecule has 3 aromatic rings. The van der Waals surface area contributed by atoms with Gasteiger partial charge in [-0.05, 0) is 43.9 Å². The predicted octanol–water partition coefficient (Wildman–Crippen LogP) is 3.59. The molecule has 0 bridgehead atoms. The van der Waals surface area contributed by atoms with Gasteiger partial charge in [0, 0.05) is 35.5 Å². The molecule has 2 aliphatic rings. The third-order valence-electron chi connectivity index (χ3n) is 5.20. The molecule has 1 saturated heterocycles. The molecule has 1 saturated carbocycles. The van der Waals surface area contributed by atoms with Crippen molar-refractivity contribution in [1.82, 2.24) is 24.7 Å². The number of halogens is 1. The minimum absolute atomic E-state index is 0.397. The van der Waals surface area contributed by atoms with Crippen LogP contribution in [0.1, 0.15) is 43.5 Å². The second kappa shape index (κ2) is 5.95. The Morgan fingerprint density at radius 3 is 2.92 bits per heavy atom. The molecule has 5 rings (SSSR count). The number of benzene rings is 1. The van der Waals surface area contributed by atoms with Gasteiger partial charge in [-0.3, -0.25) is 0 Å². The average molecular weight is 355 g/mol. The molecule has 128 valence electrons. The van der Waals surface area contributed by atoms with Crippen LogP contribution in [-0.2, 0) is 0 Å². The highest BCUT2D eigenvalue weighted by atomic mass is 35.5. The Hall–Kier alpha value is -2.21. The Balaban J connectivity index is 1.48. The Labute approximate surface area is 150 Å². The van der Waals surface area contributed by atoms with E-state index >= 15 is 0 Å². The van der Waals surface area contributed by atoms with E-state index in [9.17, 15) is 0 Å². The normalized spacial score (nSPS) is 21.0. The summed E-state index contributed by atoms with van der Waals surface area (Å²) >= 11 is 6.11. The molecule has 1 unspecified atom stereocenters. The van der Waals surface area contributed by atoms with E-state index in [1.807, 2.05) is 24.5 Å². The van der Waals surface area contributed by atoms with Crippen molar-refractivity contribution in [2.45, 2.75) is 37.6 Å². The van der Waals surface area contributed by atoms with Gasteiger partial charge in [-0.15, -0.1) is 10.2 Å². The van der Waals surface area contributed by atoms with E-state index in [1.54, 1.807) is 6.33 Å². The summed E-state index contributed by atoms with van der Waals surface area (Å²) < 4.78 is 2.28. The van der Waals surface area contributed by atoms with Gasteiger partial charge in [-0.2, -0.15) is 0 Å². The molecule has 3 heterocycles. The van der Waals surface area contributed by atoms with Crippen LogP contribution in [0.15, 0.2) is 30.9 Å². The number of piperidine rings is 1. The van der Waals surface area contributed by atoms with Gasteiger partial charge < -0.3 is 9.47 Å². The van der Waals surface area contributed by atoms with Gasteiger partial charge in [0.2, 0.25) is 0 Å². The third kappa shape index (κ3) is 2.74. The van der Waals surface area contributed by atoms with Crippen molar-refractivity contribution >= 4 is 28.3 Å². The Morgan fingerprint density at radius 2 is 2.04 bits per heavy atom. The minimum Gasteiger partial charge on any atom is -0.355 e. The summed E-state index contributed by atoms with van der Waals surface area (Å²) in [6.07, 6.45) is 8.30. The maximum Gasteiger partial charge on any atom is 0.139 e. The molecule has 1 aliphatic carbocycles. The Morgan fingerprint density at radius 1 is 1.12 bits per heavy atom. The van der Waals surface area contributed by atoms with Gasteiger partial charge in [-0.1, -0.05) is 11.6 Å². The first-order valence-electron chi connectivity index (χ1n) is 8.84. The standard InChI is InChI=1S/C18H19ClN6/c19-13-3-6-15-16(8-13)20-10-21-18(15)24-7-1-2-12(9-24)17-23-22-11-25(17)14-4-5-14/h3,6,8,10-12,14H,1-2,4-5,7,9H2. The van der Waals surface area contributed by atoms with E-state index in [2.05, 4.69) is 29.6 Å². The van der Waals surface area contributed by atoms with Crippen LogP contribution < -0.4 is 4.90 Å². The van der Waals surface area contributed by atoms with Gasteiger partial charge in [-0.25, -0.2) is 9.97 Å². The van der Waals surface area contributed by atoms with E-state index in [4.69, 9.17) is 11.6 Å². The number of anilines is 1. The lowest BCUT2D eigenvalue weighted by atomic mass is 9.96. The molecule has 1 atom stereocenters. The molecule has 0 spiro atoms. The monoisotopic (exact) mass is 354 g/mol. The molecular weight excluding hydrogens is 336 g/mol. The van der Waals surface area contributed by atoms with Crippen LogP contribution in [0.2, 0.25) is 5.02 Å². The molecule has 25 heavy (non-hydrogen) atoms. The first-order chi connectivity index (χ1) is 12.3. The average Bonchev–Trinajstić information content (AvgIpc) is 3.37. The molecule has 1 aliphatic heterocycles. The first-order valence-corrected chi connectivity index (χ1v) is 9.22. The Bertz CT molecular complexity index is 919. The molecular formula is C18H19ClN6. The van der Waals surface area contributed by atoms with Crippen molar-refractivity contribution in [1.29, 1.82) is 0 Å². The second-order valence-corrected chi connectivity index (χ2v) is 7.41. The fourth-order valence-electron chi connectivity index (χ4n) is 3.83. The van der Waals surface area contributed by atoms with Gasteiger partial charge >= 0.3 is 0 Å². The summed E-state index contributed by atoms with van der Waals surface area (Å²) in [6.45, 7) is 1.92. The summed E-state index contributed by atoms with van der Waals surface area (Å²) in [4.78, 5) is 11.3. The van der Waals surface area contributed by atoms with Crippen LogP contribution in [0, 0.1) is 0 Å². The van der Waals surface area contributed by atoms with E-state index in [1.165, 1.54) is 12.8 Å². The maximum atomic E-state index is 6.11. The lowest BCUT2D eigenvalue weighted by molar-refractivity contribution is 0.469. The summed E-state index contributed by atoms with van der Waals surface area (Å²) in [5.74, 6) is 2.52. The minimum atomic E-state index is 0.397. The topological polar surface area (TPSA) is 59.7 Å². The molecule has 2 aromatic heterocycles. The zero-order valence-electron chi connectivity index (χ0n) is 13.8. The van der Waals surface area contributed by atoms with Gasteiger partial charge in [0.05, 0.1) is 5.52 Å². The lowest BCUT2D eigenvalue weighted by Crippen LogP contribution is -2.36. The molecule has 0 radical (unpaired) electrons. The fourth-order valence-corrected chi connectivity index (χ4v) is 3.99. The van der Waals surface area contributed by atoms with Crippen molar-refractivity contribution in [3.8, 4) is 0 Å². The number of rotatable bonds is 3. The van der Waals surface area contributed by atoms with Crippen molar-refractivity contribution in [2.24, 2.45) is 0 Å². The molecule has 7 heteroatoms. The molecule has 0 amide bonds. The van der Waals surface area contributed by atoms with E-state index in [0.717, 1.165) is 48.5 Å². The summed E-state index contributed by atoms with van der Waals surface area (Å²) in [5, 5.41) is 10.4. The SMILES string of the molecule is Clc1ccc2c(N3CCCC(c4nncn4C4CC4)C3)ncnc2c1. The predicted molar refractivity (Wildman–Crippen MR) is 97.0 cm³/mol. The van der Waals surface area contributed by atoms with Crippen LogP contribution in [-0.4, -0.2) is 37.8 Å².